The zero-order chi connectivity index (χ0) is 10.8. The Kier molecular flexibility index (Phi) is 8.48. The maximum Gasteiger partial charge on any atom is 0.128 e. The van der Waals surface area contributed by atoms with Crippen molar-refractivity contribution in [2.24, 2.45) is 0 Å². The lowest BCUT2D eigenvalue weighted by Gasteiger charge is -2.15. The Bertz CT molecular complexity index is 242. The SMILES string of the molecule is CCCP(CCC)C(=C=O)CC=C=O. The third-order valence-electron chi connectivity index (χ3n) is 1.87. The van der Waals surface area contributed by atoms with Crippen LogP contribution >= 0.6 is 7.92 Å². The van der Waals surface area contributed by atoms with E-state index in [-0.39, 0.29) is 7.92 Å². The van der Waals surface area contributed by atoms with E-state index >= 15 is 0 Å². The van der Waals surface area contributed by atoms with E-state index in [1.165, 1.54) is 6.08 Å². The standard InChI is InChI=1S/C11H17O2P/c1-3-8-14(9-4-2)11(10-13)6-5-7-12/h5H,3-4,6,8-9H2,1-2H3. The maximum absolute atomic E-state index is 10.7. The highest BCUT2D eigenvalue weighted by Gasteiger charge is 2.11. The van der Waals surface area contributed by atoms with Crippen molar-refractivity contribution in [2.75, 3.05) is 12.3 Å². The fourth-order valence-corrected chi connectivity index (χ4v) is 3.62. The van der Waals surface area contributed by atoms with Crippen molar-refractivity contribution in [3.05, 3.63) is 11.4 Å². The maximum atomic E-state index is 10.7. The van der Waals surface area contributed by atoms with Crippen LogP contribution in [0.3, 0.4) is 0 Å². The van der Waals surface area contributed by atoms with Crippen molar-refractivity contribution in [3.63, 3.8) is 0 Å². The molecular formula is C11H17O2P. The molecular weight excluding hydrogens is 195 g/mol. The highest BCUT2D eigenvalue weighted by Crippen LogP contribution is 2.45. The first-order valence-corrected chi connectivity index (χ1v) is 6.69. The molecule has 14 heavy (non-hydrogen) atoms. The molecule has 0 aromatic rings. The van der Waals surface area contributed by atoms with Crippen LogP contribution in [0.15, 0.2) is 11.4 Å². The van der Waals surface area contributed by atoms with Gasteiger partial charge in [-0.05, 0) is 12.3 Å². The number of hydrogen-bond acceptors (Lipinski definition) is 2. The molecule has 78 valence electrons. The van der Waals surface area contributed by atoms with Crippen LogP contribution in [0, 0.1) is 0 Å². The van der Waals surface area contributed by atoms with Gasteiger partial charge in [0, 0.05) is 17.8 Å². The lowest BCUT2D eigenvalue weighted by molar-refractivity contribution is 0.567. The van der Waals surface area contributed by atoms with E-state index in [0.29, 0.717) is 6.42 Å². The summed E-state index contributed by atoms with van der Waals surface area (Å²) >= 11 is 0. The quantitative estimate of drug-likeness (QED) is 0.480. The molecule has 0 aliphatic heterocycles. The van der Waals surface area contributed by atoms with Gasteiger partial charge in [-0.3, -0.25) is 0 Å². The molecule has 0 radical (unpaired) electrons. The van der Waals surface area contributed by atoms with Crippen LogP contribution in [-0.2, 0) is 9.59 Å². The van der Waals surface area contributed by atoms with Crippen molar-refractivity contribution in [1.82, 2.24) is 0 Å². The largest absolute Gasteiger partial charge is 0.234 e. The lowest BCUT2D eigenvalue weighted by atomic mass is 10.4. The van der Waals surface area contributed by atoms with E-state index in [4.69, 9.17) is 0 Å². The Morgan fingerprint density at radius 1 is 1.21 bits per heavy atom. The number of carbonyl (C=O) groups excluding carboxylic acids is 2. The minimum absolute atomic E-state index is 0.353. The highest BCUT2D eigenvalue weighted by atomic mass is 31.1. The van der Waals surface area contributed by atoms with Gasteiger partial charge in [0.05, 0.1) is 0 Å². The first kappa shape index (κ1) is 13.3. The summed E-state index contributed by atoms with van der Waals surface area (Å²) in [5.41, 5.74) is 0. The van der Waals surface area contributed by atoms with Gasteiger partial charge in [0.25, 0.3) is 0 Å². The minimum atomic E-state index is -0.353. The Balaban J connectivity index is 4.41. The second kappa shape index (κ2) is 8.91. The molecule has 0 saturated heterocycles. The van der Waals surface area contributed by atoms with Gasteiger partial charge < -0.3 is 0 Å². The van der Waals surface area contributed by atoms with E-state index in [0.717, 1.165) is 30.5 Å². The van der Waals surface area contributed by atoms with Crippen LogP contribution in [0.4, 0.5) is 0 Å². The third kappa shape index (κ3) is 5.14. The van der Waals surface area contributed by atoms with Gasteiger partial charge in [0.2, 0.25) is 0 Å². The monoisotopic (exact) mass is 212 g/mol. The molecule has 0 spiro atoms. The molecule has 0 fully saturated rings. The van der Waals surface area contributed by atoms with E-state index in [1.807, 2.05) is 5.94 Å². The molecule has 0 atom stereocenters. The van der Waals surface area contributed by atoms with Crippen LogP contribution in [0.25, 0.3) is 0 Å². The normalized spacial score (nSPS) is 9.36. The Morgan fingerprint density at radius 3 is 2.14 bits per heavy atom. The number of rotatable bonds is 7. The third-order valence-corrected chi connectivity index (χ3v) is 4.88. The van der Waals surface area contributed by atoms with Gasteiger partial charge in [-0.15, -0.1) is 0 Å². The molecule has 3 heteroatoms. The van der Waals surface area contributed by atoms with Crippen LogP contribution in [-0.4, -0.2) is 24.2 Å². The second-order valence-electron chi connectivity index (χ2n) is 3.06. The lowest BCUT2D eigenvalue weighted by Crippen LogP contribution is -1.93. The minimum Gasteiger partial charge on any atom is -0.234 e. The summed E-state index contributed by atoms with van der Waals surface area (Å²) in [7, 11) is -0.353. The Labute approximate surface area is 86.8 Å². The molecule has 0 rings (SSSR count). The molecule has 0 aromatic carbocycles. The highest BCUT2D eigenvalue weighted by molar-refractivity contribution is 7.62. The molecule has 0 unspecified atom stereocenters. The average molecular weight is 212 g/mol. The van der Waals surface area contributed by atoms with Crippen molar-refractivity contribution in [1.29, 1.82) is 0 Å². The van der Waals surface area contributed by atoms with Gasteiger partial charge in [-0.1, -0.05) is 34.6 Å². The zero-order valence-corrected chi connectivity index (χ0v) is 9.77. The van der Waals surface area contributed by atoms with Gasteiger partial charge in [-0.2, -0.15) is 0 Å². The second-order valence-corrected chi connectivity index (χ2v) is 5.58. The average Bonchev–Trinajstić information content (AvgIpc) is 2.19. The van der Waals surface area contributed by atoms with Gasteiger partial charge in [0.15, 0.2) is 0 Å². The fraction of sp³-hybridized carbons (Fsp3) is 0.636. The van der Waals surface area contributed by atoms with Crippen molar-refractivity contribution < 1.29 is 9.59 Å². The summed E-state index contributed by atoms with van der Waals surface area (Å²) in [5, 5.41) is 0.784. The molecule has 0 amide bonds. The van der Waals surface area contributed by atoms with E-state index in [9.17, 15) is 9.59 Å². The van der Waals surface area contributed by atoms with Gasteiger partial charge in [-0.25, -0.2) is 9.59 Å². The summed E-state index contributed by atoms with van der Waals surface area (Å²) in [5.74, 6) is 3.70. The van der Waals surface area contributed by atoms with Crippen molar-refractivity contribution in [2.45, 2.75) is 33.1 Å². The van der Waals surface area contributed by atoms with Gasteiger partial charge >= 0.3 is 0 Å². The Morgan fingerprint density at radius 2 is 1.79 bits per heavy atom. The van der Waals surface area contributed by atoms with Crippen molar-refractivity contribution in [3.8, 4) is 0 Å². The van der Waals surface area contributed by atoms with E-state index in [2.05, 4.69) is 13.8 Å². The molecule has 0 bridgehead atoms. The summed E-state index contributed by atoms with van der Waals surface area (Å²) in [6.07, 6.45) is 6.13. The van der Waals surface area contributed by atoms with Crippen molar-refractivity contribution >= 4 is 19.8 Å². The predicted molar refractivity (Wildman–Crippen MR) is 61.3 cm³/mol. The van der Waals surface area contributed by atoms with Crippen LogP contribution in [0.1, 0.15) is 33.1 Å². The first-order valence-electron chi connectivity index (χ1n) is 4.98. The molecule has 0 heterocycles. The Hall–Kier alpha value is -0.670. The summed E-state index contributed by atoms with van der Waals surface area (Å²) in [4.78, 5) is 20.8. The smallest absolute Gasteiger partial charge is 0.128 e. The number of hydrogen-bond donors (Lipinski definition) is 0. The number of allylic oxidation sites excluding steroid dienone is 2. The molecule has 0 aliphatic carbocycles. The fourth-order valence-electron chi connectivity index (χ4n) is 1.30. The summed E-state index contributed by atoms with van der Waals surface area (Å²) in [6.45, 7) is 4.23. The zero-order valence-electron chi connectivity index (χ0n) is 8.88. The summed E-state index contributed by atoms with van der Waals surface area (Å²) < 4.78 is 0. The topological polar surface area (TPSA) is 34.1 Å². The molecule has 0 saturated carbocycles. The molecule has 0 N–H and O–H groups in total. The molecule has 2 nitrogen and oxygen atoms in total. The summed E-state index contributed by atoms with van der Waals surface area (Å²) in [6, 6.07) is 0. The van der Waals surface area contributed by atoms with Crippen LogP contribution < -0.4 is 0 Å². The van der Waals surface area contributed by atoms with Gasteiger partial charge in [0.1, 0.15) is 11.9 Å². The van der Waals surface area contributed by atoms with E-state index in [1.54, 1.807) is 5.94 Å². The van der Waals surface area contributed by atoms with Crippen LogP contribution in [0.2, 0.25) is 0 Å². The van der Waals surface area contributed by atoms with Crippen LogP contribution in [0.5, 0.6) is 0 Å². The van der Waals surface area contributed by atoms with E-state index < -0.39 is 0 Å². The predicted octanol–water partition coefficient (Wildman–Crippen LogP) is 2.78. The first-order chi connectivity index (χ1) is 6.79. The molecule has 0 aliphatic rings. The molecule has 0 aromatic heterocycles.